The van der Waals surface area contributed by atoms with E-state index in [0.29, 0.717) is 6.54 Å². The van der Waals surface area contributed by atoms with Crippen molar-refractivity contribution in [1.29, 1.82) is 0 Å². The van der Waals surface area contributed by atoms with E-state index in [4.69, 9.17) is 10.5 Å². The third-order valence-electron chi connectivity index (χ3n) is 2.43. The predicted octanol–water partition coefficient (Wildman–Crippen LogP) is 2.22. The molecule has 3 nitrogen and oxygen atoms in total. The Kier molecular flexibility index (Phi) is 3.17. The molecule has 0 bridgehead atoms. The molecule has 0 unspecified atom stereocenters. The number of pyridine rings is 1. The summed E-state index contributed by atoms with van der Waals surface area (Å²) in [6.07, 6.45) is 1.74. The van der Waals surface area contributed by atoms with Crippen LogP contribution in [-0.2, 0) is 6.54 Å². The number of methoxy groups -OCH3 is 1. The van der Waals surface area contributed by atoms with Gasteiger partial charge >= 0.3 is 0 Å². The van der Waals surface area contributed by atoms with E-state index in [1.165, 1.54) is 0 Å². The number of hydrogen-bond donors (Lipinski definition) is 1. The number of nitrogens with zero attached hydrogens (tertiary/aromatic N) is 1. The first-order valence-electron chi connectivity index (χ1n) is 5.13. The number of nitrogens with two attached hydrogens (primary N) is 1. The van der Waals surface area contributed by atoms with Crippen molar-refractivity contribution in [3.8, 4) is 17.0 Å². The summed E-state index contributed by atoms with van der Waals surface area (Å²) >= 11 is 0. The highest BCUT2D eigenvalue weighted by atomic mass is 16.5. The summed E-state index contributed by atoms with van der Waals surface area (Å²) in [6.45, 7) is 0.539. The summed E-state index contributed by atoms with van der Waals surface area (Å²) in [6, 6.07) is 11.8. The van der Waals surface area contributed by atoms with Crippen LogP contribution in [0.4, 0.5) is 0 Å². The zero-order chi connectivity index (χ0) is 11.4. The summed E-state index contributed by atoms with van der Waals surface area (Å²) in [5, 5.41) is 0. The van der Waals surface area contributed by atoms with Crippen LogP contribution < -0.4 is 10.5 Å². The molecule has 3 heteroatoms. The van der Waals surface area contributed by atoms with Crippen LogP contribution in [0.2, 0.25) is 0 Å². The Bertz CT molecular complexity index is 437. The van der Waals surface area contributed by atoms with Gasteiger partial charge in [-0.25, -0.2) is 0 Å². The molecule has 0 atom stereocenters. The van der Waals surface area contributed by atoms with Crippen molar-refractivity contribution in [2.45, 2.75) is 6.54 Å². The fourth-order valence-electron chi connectivity index (χ4n) is 1.55. The van der Waals surface area contributed by atoms with Crippen LogP contribution in [-0.4, -0.2) is 12.1 Å². The van der Waals surface area contributed by atoms with Gasteiger partial charge in [-0.1, -0.05) is 18.2 Å². The van der Waals surface area contributed by atoms with Gasteiger partial charge in [-0.2, -0.15) is 0 Å². The number of aromatic nitrogens is 1. The molecule has 16 heavy (non-hydrogen) atoms. The molecule has 0 saturated carbocycles. The zero-order valence-electron chi connectivity index (χ0n) is 9.18. The molecule has 1 aromatic carbocycles. The van der Waals surface area contributed by atoms with Crippen LogP contribution in [0, 0.1) is 0 Å². The highest BCUT2D eigenvalue weighted by molar-refractivity contribution is 5.61. The minimum absolute atomic E-state index is 0.539. The Balaban J connectivity index is 2.41. The van der Waals surface area contributed by atoms with Gasteiger partial charge in [-0.3, -0.25) is 4.98 Å². The van der Waals surface area contributed by atoms with E-state index in [9.17, 15) is 0 Å². The molecule has 2 N–H and O–H groups in total. The van der Waals surface area contributed by atoms with Crippen molar-refractivity contribution in [3.05, 3.63) is 48.2 Å². The predicted molar refractivity (Wildman–Crippen MR) is 64.1 cm³/mol. The number of ether oxygens (including phenoxy) is 1. The summed E-state index contributed by atoms with van der Waals surface area (Å²) in [7, 11) is 1.65. The molecule has 2 rings (SSSR count). The van der Waals surface area contributed by atoms with E-state index in [-0.39, 0.29) is 0 Å². The van der Waals surface area contributed by atoms with E-state index in [0.717, 1.165) is 22.6 Å². The fraction of sp³-hybridized carbons (Fsp3) is 0.154. The van der Waals surface area contributed by atoms with Gasteiger partial charge in [0.2, 0.25) is 0 Å². The summed E-state index contributed by atoms with van der Waals surface area (Å²) in [5.74, 6) is 0.808. The zero-order valence-corrected chi connectivity index (χ0v) is 9.18. The van der Waals surface area contributed by atoms with Crippen LogP contribution in [0.1, 0.15) is 5.56 Å². The molecule has 0 aliphatic rings. The Labute approximate surface area is 94.9 Å². The lowest BCUT2D eigenvalue weighted by molar-refractivity contribution is 0.414. The van der Waals surface area contributed by atoms with Gasteiger partial charge in [-0.15, -0.1) is 0 Å². The SMILES string of the molecule is COc1ccnc(-c2cccc(CN)c2)c1. The molecule has 1 heterocycles. The van der Waals surface area contributed by atoms with Gasteiger partial charge < -0.3 is 10.5 Å². The summed E-state index contributed by atoms with van der Waals surface area (Å²) < 4.78 is 5.17. The van der Waals surface area contributed by atoms with E-state index in [2.05, 4.69) is 4.98 Å². The first-order chi connectivity index (χ1) is 7.83. The normalized spacial score (nSPS) is 10.1. The lowest BCUT2D eigenvalue weighted by Crippen LogP contribution is -1.96. The third kappa shape index (κ3) is 2.20. The number of hydrogen-bond acceptors (Lipinski definition) is 3. The molecule has 0 aliphatic heterocycles. The van der Waals surface area contributed by atoms with Crippen molar-refractivity contribution in [2.24, 2.45) is 5.73 Å². The van der Waals surface area contributed by atoms with E-state index < -0.39 is 0 Å². The Morgan fingerprint density at radius 1 is 1.25 bits per heavy atom. The minimum Gasteiger partial charge on any atom is -0.497 e. The maximum Gasteiger partial charge on any atom is 0.122 e. The quantitative estimate of drug-likeness (QED) is 0.852. The van der Waals surface area contributed by atoms with Gasteiger partial charge in [-0.05, 0) is 17.7 Å². The topological polar surface area (TPSA) is 48.1 Å². The average Bonchev–Trinajstić information content (AvgIpc) is 2.39. The van der Waals surface area contributed by atoms with Crippen molar-refractivity contribution in [3.63, 3.8) is 0 Å². The lowest BCUT2D eigenvalue weighted by Gasteiger charge is -2.05. The molecular weight excluding hydrogens is 200 g/mol. The molecule has 0 amide bonds. The second-order valence-electron chi connectivity index (χ2n) is 3.49. The van der Waals surface area contributed by atoms with Crippen LogP contribution >= 0.6 is 0 Å². The molecule has 0 saturated heterocycles. The van der Waals surface area contributed by atoms with Crippen LogP contribution in [0.5, 0.6) is 5.75 Å². The van der Waals surface area contributed by atoms with Crippen LogP contribution in [0.25, 0.3) is 11.3 Å². The van der Waals surface area contributed by atoms with Gasteiger partial charge in [0.1, 0.15) is 5.75 Å². The largest absolute Gasteiger partial charge is 0.497 e. The second-order valence-corrected chi connectivity index (χ2v) is 3.49. The molecule has 82 valence electrons. The Hall–Kier alpha value is -1.87. The van der Waals surface area contributed by atoms with Crippen LogP contribution in [0.3, 0.4) is 0 Å². The van der Waals surface area contributed by atoms with Crippen molar-refractivity contribution >= 4 is 0 Å². The number of benzene rings is 1. The highest BCUT2D eigenvalue weighted by Gasteiger charge is 2.01. The molecule has 1 aromatic heterocycles. The lowest BCUT2D eigenvalue weighted by atomic mass is 10.1. The van der Waals surface area contributed by atoms with Crippen molar-refractivity contribution < 1.29 is 4.74 Å². The molecule has 0 fully saturated rings. The first kappa shape index (κ1) is 10.6. The summed E-state index contributed by atoms with van der Waals surface area (Å²) in [5.41, 5.74) is 8.66. The van der Waals surface area contributed by atoms with Gasteiger partial charge in [0.15, 0.2) is 0 Å². The molecule has 0 aliphatic carbocycles. The Morgan fingerprint density at radius 2 is 2.12 bits per heavy atom. The van der Waals surface area contributed by atoms with Gasteiger partial charge in [0.05, 0.1) is 12.8 Å². The standard InChI is InChI=1S/C13H14N2O/c1-16-12-5-6-15-13(8-12)11-4-2-3-10(7-11)9-14/h2-8H,9,14H2,1H3. The van der Waals surface area contributed by atoms with Crippen molar-refractivity contribution in [1.82, 2.24) is 4.98 Å². The fourth-order valence-corrected chi connectivity index (χ4v) is 1.55. The molecule has 0 spiro atoms. The molecular formula is C13H14N2O. The maximum atomic E-state index is 5.61. The van der Waals surface area contributed by atoms with Gasteiger partial charge in [0.25, 0.3) is 0 Å². The van der Waals surface area contributed by atoms with Crippen LogP contribution in [0.15, 0.2) is 42.6 Å². The smallest absolute Gasteiger partial charge is 0.122 e. The average molecular weight is 214 g/mol. The molecule has 0 radical (unpaired) electrons. The third-order valence-corrected chi connectivity index (χ3v) is 2.43. The van der Waals surface area contributed by atoms with E-state index in [1.54, 1.807) is 13.3 Å². The Morgan fingerprint density at radius 3 is 2.88 bits per heavy atom. The number of rotatable bonds is 3. The highest BCUT2D eigenvalue weighted by Crippen LogP contribution is 2.21. The summed E-state index contributed by atoms with van der Waals surface area (Å²) in [4.78, 5) is 4.31. The molecule has 2 aromatic rings. The van der Waals surface area contributed by atoms with Crippen molar-refractivity contribution in [2.75, 3.05) is 7.11 Å². The van der Waals surface area contributed by atoms with Gasteiger partial charge in [0, 0.05) is 24.4 Å². The van der Waals surface area contributed by atoms with E-state index in [1.807, 2.05) is 36.4 Å². The minimum atomic E-state index is 0.539. The first-order valence-corrected chi connectivity index (χ1v) is 5.13. The monoisotopic (exact) mass is 214 g/mol. The van der Waals surface area contributed by atoms with E-state index >= 15 is 0 Å². The second kappa shape index (κ2) is 4.77. The maximum absolute atomic E-state index is 5.61.